The zero-order valence-corrected chi connectivity index (χ0v) is 16.1. The van der Waals surface area contributed by atoms with E-state index in [4.69, 9.17) is 28.6 Å². The second-order valence-electron chi connectivity index (χ2n) is 5.57. The first-order valence-corrected chi connectivity index (χ1v) is 10.0. The third-order valence-electron chi connectivity index (χ3n) is 3.78. The van der Waals surface area contributed by atoms with E-state index in [1.54, 1.807) is 6.07 Å². The summed E-state index contributed by atoms with van der Waals surface area (Å²) in [6, 6.07) is 4.79. The standard InChI is InChI=1S/C15H22ClN3O3S2/c1-3-11(2)17-15(23)18-14-10-12(4-5-13(14)16)24(20,21)19-6-8-22-9-7-19/h4-5,10-11H,3,6-9H2,1-2H3,(H2,17,18,23). The molecule has 1 heterocycles. The molecule has 1 aliphatic heterocycles. The summed E-state index contributed by atoms with van der Waals surface area (Å²) in [5.74, 6) is 0. The summed E-state index contributed by atoms with van der Waals surface area (Å²) in [6.07, 6.45) is 0.918. The summed E-state index contributed by atoms with van der Waals surface area (Å²) in [7, 11) is -3.57. The molecule has 0 spiro atoms. The highest BCUT2D eigenvalue weighted by atomic mass is 35.5. The van der Waals surface area contributed by atoms with Gasteiger partial charge in [0.05, 0.1) is 28.8 Å². The predicted molar refractivity (Wildman–Crippen MR) is 100 cm³/mol. The van der Waals surface area contributed by atoms with Gasteiger partial charge in [0.25, 0.3) is 0 Å². The summed E-state index contributed by atoms with van der Waals surface area (Å²) in [4.78, 5) is 0.183. The molecule has 24 heavy (non-hydrogen) atoms. The first-order chi connectivity index (χ1) is 11.3. The highest BCUT2D eigenvalue weighted by Crippen LogP contribution is 2.27. The minimum absolute atomic E-state index is 0.183. The van der Waals surface area contributed by atoms with Crippen LogP contribution in [-0.2, 0) is 14.8 Å². The van der Waals surface area contributed by atoms with Crippen molar-refractivity contribution < 1.29 is 13.2 Å². The average molecular weight is 392 g/mol. The molecule has 2 N–H and O–H groups in total. The van der Waals surface area contributed by atoms with Crippen LogP contribution in [0.15, 0.2) is 23.1 Å². The van der Waals surface area contributed by atoms with Crippen LogP contribution in [0.3, 0.4) is 0 Å². The molecule has 2 rings (SSSR count). The molecular weight excluding hydrogens is 370 g/mol. The number of anilines is 1. The van der Waals surface area contributed by atoms with E-state index in [-0.39, 0.29) is 10.9 Å². The Morgan fingerprint density at radius 3 is 2.71 bits per heavy atom. The predicted octanol–water partition coefficient (Wildman–Crippen LogP) is 2.45. The molecule has 1 unspecified atom stereocenters. The Balaban J connectivity index is 2.20. The first kappa shape index (κ1) is 19.4. The maximum Gasteiger partial charge on any atom is 0.243 e. The minimum atomic E-state index is -3.57. The van der Waals surface area contributed by atoms with Crippen LogP contribution in [0.4, 0.5) is 5.69 Å². The van der Waals surface area contributed by atoms with Crippen molar-refractivity contribution in [2.45, 2.75) is 31.2 Å². The zero-order chi connectivity index (χ0) is 17.7. The molecule has 0 radical (unpaired) electrons. The molecule has 1 aromatic rings. The fourth-order valence-corrected chi connectivity index (χ4v) is 4.09. The van der Waals surface area contributed by atoms with Gasteiger partial charge in [-0.15, -0.1) is 0 Å². The second-order valence-corrected chi connectivity index (χ2v) is 8.32. The van der Waals surface area contributed by atoms with E-state index in [0.29, 0.717) is 42.1 Å². The van der Waals surface area contributed by atoms with Gasteiger partial charge in [-0.1, -0.05) is 18.5 Å². The van der Waals surface area contributed by atoms with Gasteiger partial charge >= 0.3 is 0 Å². The van der Waals surface area contributed by atoms with Crippen LogP contribution in [0.5, 0.6) is 0 Å². The van der Waals surface area contributed by atoms with E-state index in [1.165, 1.54) is 16.4 Å². The fraction of sp³-hybridized carbons (Fsp3) is 0.533. The number of sulfonamides is 1. The lowest BCUT2D eigenvalue weighted by molar-refractivity contribution is 0.0730. The molecule has 0 amide bonds. The van der Waals surface area contributed by atoms with Gasteiger partial charge < -0.3 is 15.4 Å². The number of nitrogens with one attached hydrogen (secondary N) is 2. The number of ether oxygens (including phenoxy) is 1. The van der Waals surface area contributed by atoms with Gasteiger partial charge in [0.1, 0.15) is 0 Å². The van der Waals surface area contributed by atoms with Gasteiger partial charge in [0.2, 0.25) is 10.0 Å². The summed E-state index contributed by atoms with van der Waals surface area (Å²) < 4.78 is 32.0. The highest BCUT2D eigenvalue weighted by Gasteiger charge is 2.27. The topological polar surface area (TPSA) is 70.7 Å². The Labute approximate surface area is 153 Å². The molecular formula is C15H22ClN3O3S2. The van der Waals surface area contributed by atoms with E-state index in [9.17, 15) is 8.42 Å². The first-order valence-electron chi connectivity index (χ1n) is 7.79. The molecule has 0 bridgehead atoms. The van der Waals surface area contributed by atoms with Gasteiger partial charge in [-0.25, -0.2) is 8.42 Å². The molecule has 0 aliphatic carbocycles. The molecule has 1 fully saturated rings. The molecule has 1 aromatic carbocycles. The van der Waals surface area contributed by atoms with Crippen LogP contribution < -0.4 is 10.6 Å². The lowest BCUT2D eigenvalue weighted by atomic mass is 10.3. The number of hydrogen-bond donors (Lipinski definition) is 2. The summed E-state index contributed by atoms with van der Waals surface area (Å²) in [6.45, 7) is 5.56. The van der Waals surface area contributed by atoms with Crippen LogP contribution >= 0.6 is 23.8 Å². The molecule has 0 aromatic heterocycles. The number of nitrogens with zero attached hydrogens (tertiary/aromatic N) is 1. The minimum Gasteiger partial charge on any atom is -0.379 e. The van der Waals surface area contributed by atoms with Crippen LogP contribution in [0, 0.1) is 0 Å². The molecule has 1 atom stereocenters. The molecule has 6 nitrogen and oxygen atoms in total. The summed E-state index contributed by atoms with van der Waals surface area (Å²) in [5.41, 5.74) is 0.465. The number of morpholine rings is 1. The number of rotatable bonds is 5. The fourth-order valence-electron chi connectivity index (χ4n) is 2.18. The van der Waals surface area contributed by atoms with E-state index in [0.717, 1.165) is 6.42 Å². The van der Waals surface area contributed by atoms with Crippen LogP contribution in [0.2, 0.25) is 5.02 Å². The number of hydrogen-bond acceptors (Lipinski definition) is 4. The SMILES string of the molecule is CCC(C)NC(=S)Nc1cc(S(=O)(=O)N2CCOCC2)ccc1Cl. The Morgan fingerprint density at radius 2 is 2.08 bits per heavy atom. The summed E-state index contributed by atoms with van der Waals surface area (Å²) in [5, 5.41) is 6.90. The van der Waals surface area contributed by atoms with Gasteiger partial charge in [-0.3, -0.25) is 0 Å². The van der Waals surface area contributed by atoms with Gasteiger partial charge in [0, 0.05) is 19.1 Å². The third-order valence-corrected chi connectivity index (χ3v) is 6.23. The molecule has 134 valence electrons. The Morgan fingerprint density at radius 1 is 1.42 bits per heavy atom. The molecule has 0 saturated carbocycles. The van der Waals surface area contributed by atoms with Crippen LogP contribution in [0.25, 0.3) is 0 Å². The van der Waals surface area contributed by atoms with Crippen molar-refractivity contribution >= 4 is 44.6 Å². The molecule has 1 saturated heterocycles. The quantitative estimate of drug-likeness (QED) is 0.751. The average Bonchev–Trinajstić information content (AvgIpc) is 2.57. The molecule has 1 aliphatic rings. The van der Waals surface area contributed by atoms with E-state index >= 15 is 0 Å². The molecule has 9 heteroatoms. The second kappa shape index (κ2) is 8.44. The van der Waals surface area contributed by atoms with E-state index < -0.39 is 10.0 Å². The monoisotopic (exact) mass is 391 g/mol. The van der Waals surface area contributed by atoms with Crippen molar-refractivity contribution in [2.24, 2.45) is 0 Å². The third kappa shape index (κ3) is 4.80. The van der Waals surface area contributed by atoms with E-state index in [2.05, 4.69) is 10.6 Å². The highest BCUT2D eigenvalue weighted by molar-refractivity contribution is 7.89. The maximum atomic E-state index is 12.7. The number of benzene rings is 1. The van der Waals surface area contributed by atoms with Crippen molar-refractivity contribution in [1.82, 2.24) is 9.62 Å². The lowest BCUT2D eigenvalue weighted by Gasteiger charge is -2.26. The van der Waals surface area contributed by atoms with Crippen molar-refractivity contribution in [2.75, 3.05) is 31.6 Å². The van der Waals surface area contributed by atoms with Gasteiger partial charge in [0.15, 0.2) is 5.11 Å². The van der Waals surface area contributed by atoms with Crippen molar-refractivity contribution in [3.05, 3.63) is 23.2 Å². The van der Waals surface area contributed by atoms with Crippen LogP contribution in [0.1, 0.15) is 20.3 Å². The van der Waals surface area contributed by atoms with Crippen molar-refractivity contribution in [3.8, 4) is 0 Å². The summed E-state index contributed by atoms with van der Waals surface area (Å²) >= 11 is 11.4. The van der Waals surface area contributed by atoms with Crippen molar-refractivity contribution in [3.63, 3.8) is 0 Å². The normalized spacial score (nSPS) is 17.3. The number of thiocarbonyl (C=S) groups is 1. The van der Waals surface area contributed by atoms with Crippen LogP contribution in [-0.4, -0.2) is 50.2 Å². The maximum absolute atomic E-state index is 12.7. The zero-order valence-electron chi connectivity index (χ0n) is 13.7. The largest absolute Gasteiger partial charge is 0.379 e. The van der Waals surface area contributed by atoms with E-state index in [1.807, 2.05) is 13.8 Å². The van der Waals surface area contributed by atoms with Crippen molar-refractivity contribution in [1.29, 1.82) is 0 Å². The number of halogens is 1. The van der Waals surface area contributed by atoms with Gasteiger partial charge in [-0.2, -0.15) is 4.31 Å². The van der Waals surface area contributed by atoms with Gasteiger partial charge in [-0.05, 0) is 43.8 Å². The smallest absolute Gasteiger partial charge is 0.243 e. The Hall–Kier alpha value is -0.930. The lowest BCUT2D eigenvalue weighted by Crippen LogP contribution is -2.40. The Kier molecular flexibility index (Phi) is 6.82. The Bertz CT molecular complexity index is 691.